The molecule has 5 nitrogen and oxygen atoms in total. The Kier molecular flexibility index (Phi) is 4.51. The van der Waals surface area contributed by atoms with E-state index in [0.717, 1.165) is 6.42 Å². The summed E-state index contributed by atoms with van der Waals surface area (Å²) in [6.45, 7) is 8.10. The fourth-order valence-corrected chi connectivity index (χ4v) is 1.55. The molecule has 1 aliphatic rings. The van der Waals surface area contributed by atoms with Crippen LogP contribution in [0.1, 0.15) is 34.1 Å². The number of rotatable bonds is 3. The molecule has 0 radical (unpaired) electrons. The van der Waals surface area contributed by atoms with Gasteiger partial charge in [0, 0.05) is 12.5 Å². The van der Waals surface area contributed by atoms with Gasteiger partial charge in [0.2, 0.25) is 0 Å². The molecule has 0 N–H and O–H groups in total. The lowest BCUT2D eigenvalue weighted by Gasteiger charge is -2.26. The molecule has 1 rings (SSSR count). The first-order valence-electron chi connectivity index (χ1n) is 5.86. The SMILES string of the molecule is CC(C)C(=O)OOC(=O)C(C)(C)C1CCOC1. The van der Waals surface area contributed by atoms with Crippen molar-refractivity contribution in [1.29, 1.82) is 0 Å². The predicted octanol–water partition coefficient (Wildman–Crippen LogP) is 1.71. The van der Waals surface area contributed by atoms with Crippen LogP contribution in [0.4, 0.5) is 0 Å². The summed E-state index contributed by atoms with van der Waals surface area (Å²) < 4.78 is 5.24. The lowest BCUT2D eigenvalue weighted by atomic mass is 9.78. The number of hydrogen-bond acceptors (Lipinski definition) is 5. The lowest BCUT2D eigenvalue weighted by Crippen LogP contribution is -2.35. The summed E-state index contributed by atoms with van der Waals surface area (Å²) >= 11 is 0. The maximum Gasteiger partial charge on any atom is 0.361 e. The molecule has 1 saturated heterocycles. The number of hydrogen-bond donors (Lipinski definition) is 0. The molecule has 0 aromatic heterocycles. The van der Waals surface area contributed by atoms with Crippen LogP contribution in [0.15, 0.2) is 0 Å². The molecule has 1 aliphatic heterocycles. The van der Waals surface area contributed by atoms with Crippen LogP contribution in [0, 0.1) is 17.3 Å². The van der Waals surface area contributed by atoms with Gasteiger partial charge in [0.1, 0.15) is 0 Å². The molecule has 1 fully saturated rings. The van der Waals surface area contributed by atoms with E-state index < -0.39 is 17.4 Å². The highest BCUT2D eigenvalue weighted by molar-refractivity contribution is 5.78. The maximum absolute atomic E-state index is 11.8. The first-order valence-corrected chi connectivity index (χ1v) is 5.86. The van der Waals surface area contributed by atoms with Gasteiger partial charge in [0.15, 0.2) is 0 Å². The highest BCUT2D eigenvalue weighted by Gasteiger charge is 2.41. The predicted molar refractivity (Wildman–Crippen MR) is 59.7 cm³/mol. The van der Waals surface area contributed by atoms with E-state index in [9.17, 15) is 9.59 Å². The first-order chi connectivity index (χ1) is 7.85. The Labute approximate surface area is 101 Å². The molecule has 0 spiro atoms. The van der Waals surface area contributed by atoms with Gasteiger partial charge in [-0.2, -0.15) is 0 Å². The van der Waals surface area contributed by atoms with E-state index in [2.05, 4.69) is 9.78 Å². The molecule has 1 unspecified atom stereocenters. The van der Waals surface area contributed by atoms with E-state index in [-0.39, 0.29) is 11.8 Å². The Bertz CT molecular complexity index is 289. The maximum atomic E-state index is 11.8. The Morgan fingerprint density at radius 3 is 2.41 bits per heavy atom. The van der Waals surface area contributed by atoms with Crippen LogP contribution in [0.5, 0.6) is 0 Å². The third-order valence-electron chi connectivity index (χ3n) is 3.15. The van der Waals surface area contributed by atoms with Crippen molar-refractivity contribution in [2.75, 3.05) is 13.2 Å². The zero-order valence-electron chi connectivity index (χ0n) is 10.8. The van der Waals surface area contributed by atoms with Crippen LogP contribution in [0.3, 0.4) is 0 Å². The van der Waals surface area contributed by atoms with Gasteiger partial charge in [0.05, 0.1) is 17.9 Å². The van der Waals surface area contributed by atoms with Crippen LogP contribution in [0.25, 0.3) is 0 Å². The van der Waals surface area contributed by atoms with Gasteiger partial charge in [-0.3, -0.25) is 0 Å². The Morgan fingerprint density at radius 2 is 1.94 bits per heavy atom. The number of ether oxygens (including phenoxy) is 1. The first kappa shape index (κ1) is 14.0. The van der Waals surface area contributed by atoms with Crippen LogP contribution in [-0.4, -0.2) is 25.2 Å². The van der Waals surface area contributed by atoms with Crippen molar-refractivity contribution >= 4 is 11.9 Å². The van der Waals surface area contributed by atoms with Crippen molar-refractivity contribution in [2.45, 2.75) is 34.1 Å². The van der Waals surface area contributed by atoms with Gasteiger partial charge in [0.25, 0.3) is 0 Å². The molecule has 0 aliphatic carbocycles. The molecular formula is C12H20O5. The topological polar surface area (TPSA) is 61.8 Å². The third kappa shape index (κ3) is 3.43. The zero-order chi connectivity index (χ0) is 13.1. The summed E-state index contributed by atoms with van der Waals surface area (Å²) in [5.74, 6) is -1.28. The molecule has 0 amide bonds. The monoisotopic (exact) mass is 244 g/mol. The van der Waals surface area contributed by atoms with E-state index in [4.69, 9.17) is 4.74 Å². The van der Waals surface area contributed by atoms with E-state index in [1.54, 1.807) is 27.7 Å². The van der Waals surface area contributed by atoms with Crippen LogP contribution in [-0.2, 0) is 24.1 Å². The summed E-state index contributed by atoms with van der Waals surface area (Å²) in [5, 5.41) is 0. The number of carbonyl (C=O) groups excluding carboxylic acids is 2. The second-order valence-corrected chi connectivity index (χ2v) is 5.21. The van der Waals surface area contributed by atoms with Crippen molar-refractivity contribution in [2.24, 2.45) is 17.3 Å². The number of carbonyl (C=O) groups is 2. The molecule has 98 valence electrons. The van der Waals surface area contributed by atoms with Gasteiger partial charge in [-0.15, -0.1) is 0 Å². The molecule has 0 aromatic carbocycles. The molecule has 0 saturated carbocycles. The van der Waals surface area contributed by atoms with Gasteiger partial charge < -0.3 is 4.74 Å². The average molecular weight is 244 g/mol. The molecular weight excluding hydrogens is 224 g/mol. The summed E-state index contributed by atoms with van der Waals surface area (Å²) in [7, 11) is 0. The third-order valence-corrected chi connectivity index (χ3v) is 3.15. The fraction of sp³-hybridized carbons (Fsp3) is 0.833. The second kappa shape index (κ2) is 5.49. The lowest BCUT2D eigenvalue weighted by molar-refractivity contribution is -0.269. The molecule has 0 bridgehead atoms. The van der Waals surface area contributed by atoms with E-state index in [1.807, 2.05) is 0 Å². The molecule has 1 heterocycles. The average Bonchev–Trinajstić information content (AvgIpc) is 2.78. The summed E-state index contributed by atoms with van der Waals surface area (Å²) in [6.07, 6.45) is 0.820. The molecule has 1 atom stereocenters. The van der Waals surface area contributed by atoms with E-state index >= 15 is 0 Å². The smallest absolute Gasteiger partial charge is 0.361 e. The Balaban J connectivity index is 2.48. The van der Waals surface area contributed by atoms with Crippen molar-refractivity contribution in [1.82, 2.24) is 0 Å². The van der Waals surface area contributed by atoms with Crippen molar-refractivity contribution < 1.29 is 24.1 Å². The normalized spacial score (nSPS) is 20.4. The summed E-state index contributed by atoms with van der Waals surface area (Å²) in [4.78, 5) is 32.1. The van der Waals surface area contributed by atoms with E-state index in [1.165, 1.54) is 0 Å². The molecule has 5 heteroatoms. The summed E-state index contributed by atoms with van der Waals surface area (Å²) in [5.41, 5.74) is -0.701. The second-order valence-electron chi connectivity index (χ2n) is 5.21. The van der Waals surface area contributed by atoms with Crippen LogP contribution in [0.2, 0.25) is 0 Å². The molecule has 0 aromatic rings. The zero-order valence-corrected chi connectivity index (χ0v) is 10.8. The van der Waals surface area contributed by atoms with Crippen molar-refractivity contribution in [3.63, 3.8) is 0 Å². The highest BCUT2D eigenvalue weighted by atomic mass is 17.2. The van der Waals surface area contributed by atoms with Crippen molar-refractivity contribution in [3.8, 4) is 0 Å². The largest absolute Gasteiger partial charge is 0.381 e. The minimum atomic E-state index is -0.701. The van der Waals surface area contributed by atoms with Crippen molar-refractivity contribution in [3.05, 3.63) is 0 Å². The van der Waals surface area contributed by atoms with Gasteiger partial charge >= 0.3 is 11.9 Å². The fourth-order valence-electron chi connectivity index (χ4n) is 1.55. The van der Waals surface area contributed by atoms with E-state index in [0.29, 0.717) is 13.2 Å². The Hall–Kier alpha value is -1.10. The van der Waals surface area contributed by atoms with Gasteiger partial charge in [-0.25, -0.2) is 19.4 Å². The Morgan fingerprint density at radius 1 is 1.29 bits per heavy atom. The van der Waals surface area contributed by atoms with Gasteiger partial charge in [-0.05, 0) is 20.3 Å². The minimum Gasteiger partial charge on any atom is -0.381 e. The standard InChI is InChI=1S/C12H20O5/c1-8(2)10(13)16-17-11(14)12(3,4)9-5-6-15-7-9/h8-9H,5-7H2,1-4H3. The minimum absolute atomic E-state index is 0.104. The van der Waals surface area contributed by atoms with Crippen LogP contribution < -0.4 is 0 Å². The summed E-state index contributed by atoms with van der Waals surface area (Å²) in [6, 6.07) is 0. The van der Waals surface area contributed by atoms with Crippen LogP contribution >= 0.6 is 0 Å². The highest BCUT2D eigenvalue weighted by Crippen LogP contribution is 2.34. The quantitative estimate of drug-likeness (QED) is 0.558. The van der Waals surface area contributed by atoms with Gasteiger partial charge in [-0.1, -0.05) is 13.8 Å². The molecule has 17 heavy (non-hydrogen) atoms.